The standard InChI is InChI=1S/C11H13F3N2/c12-11(13,14)8-2-1-3-9-10(8)7(4-5-15)6-16-9/h1-3,7,16H,4-6,15H2. The highest BCUT2D eigenvalue weighted by atomic mass is 19.4. The van der Waals surface area contributed by atoms with E-state index in [9.17, 15) is 13.2 Å². The van der Waals surface area contributed by atoms with Crippen LogP contribution in [-0.2, 0) is 6.18 Å². The molecule has 0 spiro atoms. The summed E-state index contributed by atoms with van der Waals surface area (Å²) in [5, 5.41) is 2.99. The van der Waals surface area contributed by atoms with Gasteiger partial charge >= 0.3 is 6.18 Å². The van der Waals surface area contributed by atoms with Crippen LogP contribution in [0.1, 0.15) is 23.5 Å². The van der Waals surface area contributed by atoms with Crippen molar-refractivity contribution in [3.63, 3.8) is 0 Å². The first-order valence-electron chi connectivity index (χ1n) is 5.18. The van der Waals surface area contributed by atoms with Crippen LogP contribution in [0, 0.1) is 0 Å². The van der Waals surface area contributed by atoms with Crippen molar-refractivity contribution < 1.29 is 13.2 Å². The molecule has 16 heavy (non-hydrogen) atoms. The molecule has 0 fully saturated rings. The first kappa shape index (κ1) is 11.3. The fourth-order valence-corrected chi connectivity index (χ4v) is 2.19. The van der Waals surface area contributed by atoms with E-state index in [4.69, 9.17) is 5.73 Å². The van der Waals surface area contributed by atoms with Gasteiger partial charge in [0.15, 0.2) is 0 Å². The molecular weight excluding hydrogens is 217 g/mol. The first-order chi connectivity index (χ1) is 7.54. The second-order valence-corrected chi connectivity index (χ2v) is 3.92. The van der Waals surface area contributed by atoms with Gasteiger partial charge in [0.2, 0.25) is 0 Å². The largest absolute Gasteiger partial charge is 0.416 e. The van der Waals surface area contributed by atoms with E-state index in [0.717, 1.165) is 6.07 Å². The summed E-state index contributed by atoms with van der Waals surface area (Å²) >= 11 is 0. The molecule has 0 aliphatic carbocycles. The number of alkyl halides is 3. The van der Waals surface area contributed by atoms with E-state index < -0.39 is 11.7 Å². The minimum atomic E-state index is -4.29. The van der Waals surface area contributed by atoms with E-state index in [-0.39, 0.29) is 5.92 Å². The molecule has 3 N–H and O–H groups in total. The van der Waals surface area contributed by atoms with Gasteiger partial charge in [-0.2, -0.15) is 13.2 Å². The average molecular weight is 230 g/mol. The van der Waals surface area contributed by atoms with Crippen LogP contribution >= 0.6 is 0 Å². The summed E-state index contributed by atoms with van der Waals surface area (Å²) in [6, 6.07) is 4.25. The van der Waals surface area contributed by atoms with E-state index in [0.29, 0.717) is 30.8 Å². The maximum Gasteiger partial charge on any atom is 0.416 e. The summed E-state index contributed by atoms with van der Waals surface area (Å²) in [6.07, 6.45) is -3.71. The Morgan fingerprint density at radius 2 is 2.12 bits per heavy atom. The van der Waals surface area contributed by atoms with Gasteiger partial charge in [-0.15, -0.1) is 0 Å². The molecule has 2 rings (SSSR count). The maximum atomic E-state index is 12.8. The van der Waals surface area contributed by atoms with Crippen LogP contribution in [0.4, 0.5) is 18.9 Å². The van der Waals surface area contributed by atoms with Crippen LogP contribution in [-0.4, -0.2) is 13.1 Å². The van der Waals surface area contributed by atoms with Gasteiger partial charge in [0.25, 0.3) is 0 Å². The molecule has 1 unspecified atom stereocenters. The van der Waals surface area contributed by atoms with Crippen molar-refractivity contribution in [1.29, 1.82) is 0 Å². The summed E-state index contributed by atoms with van der Waals surface area (Å²) < 4.78 is 38.4. The van der Waals surface area contributed by atoms with Gasteiger partial charge in [-0.25, -0.2) is 0 Å². The monoisotopic (exact) mass is 230 g/mol. The third-order valence-electron chi connectivity index (χ3n) is 2.87. The van der Waals surface area contributed by atoms with E-state index in [1.54, 1.807) is 6.07 Å². The van der Waals surface area contributed by atoms with Crippen molar-refractivity contribution in [2.24, 2.45) is 5.73 Å². The lowest BCUT2D eigenvalue weighted by molar-refractivity contribution is -0.138. The minimum absolute atomic E-state index is 0.127. The number of nitrogens with two attached hydrogens (primary N) is 1. The Bertz CT molecular complexity index is 385. The second-order valence-electron chi connectivity index (χ2n) is 3.92. The number of benzene rings is 1. The zero-order valence-corrected chi connectivity index (χ0v) is 8.64. The summed E-state index contributed by atoms with van der Waals surface area (Å²) in [6.45, 7) is 0.942. The number of fused-ring (bicyclic) bond motifs is 1. The highest BCUT2D eigenvalue weighted by Gasteiger charge is 2.38. The van der Waals surface area contributed by atoms with E-state index >= 15 is 0 Å². The molecule has 0 saturated heterocycles. The van der Waals surface area contributed by atoms with Crippen molar-refractivity contribution in [2.45, 2.75) is 18.5 Å². The predicted octanol–water partition coefficient (Wildman–Crippen LogP) is 2.56. The molecule has 1 aromatic carbocycles. The molecule has 0 radical (unpaired) electrons. The maximum absolute atomic E-state index is 12.8. The molecular formula is C11H13F3N2. The Kier molecular flexibility index (Phi) is 2.80. The van der Waals surface area contributed by atoms with Gasteiger partial charge in [-0.3, -0.25) is 0 Å². The number of hydrogen-bond donors (Lipinski definition) is 2. The van der Waals surface area contributed by atoms with Gasteiger partial charge in [-0.1, -0.05) is 6.07 Å². The number of rotatable bonds is 2. The third kappa shape index (κ3) is 1.87. The lowest BCUT2D eigenvalue weighted by atomic mass is 9.93. The topological polar surface area (TPSA) is 38.0 Å². The Hall–Kier alpha value is -1.23. The van der Waals surface area contributed by atoms with Gasteiger partial charge in [0.05, 0.1) is 5.56 Å². The van der Waals surface area contributed by atoms with Crippen molar-refractivity contribution in [3.05, 3.63) is 29.3 Å². The van der Waals surface area contributed by atoms with Gasteiger partial charge in [-0.05, 0) is 30.7 Å². The molecule has 0 amide bonds. The van der Waals surface area contributed by atoms with Crippen LogP contribution in [0.25, 0.3) is 0 Å². The molecule has 1 heterocycles. The Morgan fingerprint density at radius 3 is 2.75 bits per heavy atom. The number of nitrogens with one attached hydrogen (secondary N) is 1. The van der Waals surface area contributed by atoms with Crippen molar-refractivity contribution in [1.82, 2.24) is 0 Å². The van der Waals surface area contributed by atoms with Crippen molar-refractivity contribution >= 4 is 5.69 Å². The molecule has 0 bridgehead atoms. The lowest BCUT2D eigenvalue weighted by Gasteiger charge is -2.15. The highest BCUT2D eigenvalue weighted by Crippen LogP contribution is 2.42. The summed E-state index contributed by atoms with van der Waals surface area (Å²) in [5.41, 5.74) is 5.85. The fraction of sp³-hybridized carbons (Fsp3) is 0.455. The lowest BCUT2D eigenvalue weighted by Crippen LogP contribution is -2.13. The van der Waals surface area contributed by atoms with E-state index in [1.807, 2.05) is 0 Å². The molecule has 1 atom stereocenters. The molecule has 1 aliphatic rings. The molecule has 1 aromatic rings. The Balaban J connectivity index is 2.45. The van der Waals surface area contributed by atoms with Crippen LogP contribution in [0.5, 0.6) is 0 Å². The van der Waals surface area contributed by atoms with Crippen LogP contribution in [0.15, 0.2) is 18.2 Å². The van der Waals surface area contributed by atoms with Gasteiger partial charge in [0.1, 0.15) is 0 Å². The number of hydrogen-bond acceptors (Lipinski definition) is 2. The molecule has 0 aromatic heterocycles. The Morgan fingerprint density at radius 1 is 1.38 bits per heavy atom. The normalized spacial score (nSPS) is 19.4. The highest BCUT2D eigenvalue weighted by molar-refractivity contribution is 5.61. The molecule has 1 aliphatic heterocycles. The fourth-order valence-electron chi connectivity index (χ4n) is 2.19. The predicted molar refractivity (Wildman–Crippen MR) is 56.3 cm³/mol. The van der Waals surface area contributed by atoms with Crippen LogP contribution in [0.3, 0.4) is 0 Å². The summed E-state index contributed by atoms with van der Waals surface area (Å²) in [5.74, 6) is -0.127. The first-order valence-corrected chi connectivity index (χ1v) is 5.18. The van der Waals surface area contributed by atoms with E-state index in [1.165, 1.54) is 6.07 Å². The average Bonchev–Trinajstić information content (AvgIpc) is 2.61. The quantitative estimate of drug-likeness (QED) is 0.819. The van der Waals surface area contributed by atoms with Crippen molar-refractivity contribution in [2.75, 3.05) is 18.4 Å². The molecule has 2 nitrogen and oxygen atoms in total. The molecule has 88 valence electrons. The SMILES string of the molecule is NCCC1CNc2cccc(C(F)(F)F)c21. The van der Waals surface area contributed by atoms with Crippen LogP contribution in [0.2, 0.25) is 0 Å². The Labute approximate surface area is 91.6 Å². The minimum Gasteiger partial charge on any atom is -0.384 e. The number of halogens is 3. The van der Waals surface area contributed by atoms with Gasteiger partial charge in [0, 0.05) is 18.2 Å². The third-order valence-corrected chi connectivity index (χ3v) is 2.87. The summed E-state index contributed by atoms with van der Waals surface area (Å²) in [4.78, 5) is 0. The molecule has 5 heteroatoms. The smallest absolute Gasteiger partial charge is 0.384 e. The van der Waals surface area contributed by atoms with E-state index in [2.05, 4.69) is 5.32 Å². The zero-order valence-electron chi connectivity index (χ0n) is 8.64. The zero-order chi connectivity index (χ0) is 11.8. The van der Waals surface area contributed by atoms with Gasteiger partial charge < -0.3 is 11.1 Å². The summed E-state index contributed by atoms with van der Waals surface area (Å²) in [7, 11) is 0. The van der Waals surface area contributed by atoms with Crippen LogP contribution < -0.4 is 11.1 Å². The molecule has 0 saturated carbocycles. The second kappa shape index (κ2) is 3.97. The number of anilines is 1. The van der Waals surface area contributed by atoms with Crippen molar-refractivity contribution in [3.8, 4) is 0 Å².